The van der Waals surface area contributed by atoms with Crippen molar-refractivity contribution < 1.29 is 27.8 Å². The number of piperidine rings is 1. The van der Waals surface area contributed by atoms with Crippen molar-refractivity contribution in [2.45, 2.75) is 25.8 Å². The first kappa shape index (κ1) is 22.0. The average Bonchev–Trinajstić information content (AvgIpc) is 3.09. The van der Waals surface area contributed by atoms with Crippen molar-refractivity contribution in [3.8, 4) is 11.5 Å². The molecule has 0 saturated carbocycles. The first-order chi connectivity index (χ1) is 15.4. The van der Waals surface area contributed by atoms with Crippen LogP contribution < -0.4 is 9.47 Å². The summed E-state index contributed by atoms with van der Waals surface area (Å²) in [6, 6.07) is 10.6. The van der Waals surface area contributed by atoms with Gasteiger partial charge in [-0.05, 0) is 42.7 Å². The molecule has 2 amide bonds. The third-order valence-corrected chi connectivity index (χ3v) is 6.36. The summed E-state index contributed by atoms with van der Waals surface area (Å²) in [5.74, 6) is -0.980. The maximum atomic E-state index is 13.7. The molecule has 2 aliphatic rings. The van der Waals surface area contributed by atoms with Crippen molar-refractivity contribution >= 4 is 11.8 Å². The molecule has 4 rings (SSSR count). The number of methoxy groups -OCH3 is 1. The van der Waals surface area contributed by atoms with Crippen LogP contribution in [0.15, 0.2) is 42.5 Å². The quantitative estimate of drug-likeness (QED) is 0.686. The first-order valence-electron chi connectivity index (χ1n) is 10.6. The normalized spacial score (nSPS) is 17.7. The van der Waals surface area contributed by atoms with E-state index >= 15 is 0 Å². The lowest BCUT2D eigenvalue weighted by Crippen LogP contribution is -2.45. The molecule has 1 spiro atoms. The summed E-state index contributed by atoms with van der Waals surface area (Å²) in [6.45, 7) is 1.90. The predicted molar refractivity (Wildman–Crippen MR) is 113 cm³/mol. The van der Waals surface area contributed by atoms with Gasteiger partial charge in [-0.25, -0.2) is 8.78 Å². The van der Waals surface area contributed by atoms with Crippen molar-refractivity contribution in [2.75, 3.05) is 33.4 Å². The number of ether oxygens (including phenoxy) is 2. The highest BCUT2D eigenvalue weighted by Gasteiger charge is 2.45. The molecule has 0 radical (unpaired) electrons. The zero-order chi connectivity index (χ0) is 22.7. The van der Waals surface area contributed by atoms with Crippen molar-refractivity contribution in [3.63, 3.8) is 0 Å². The molecule has 0 atom stereocenters. The number of hydrogen-bond acceptors (Lipinski definition) is 4. The summed E-state index contributed by atoms with van der Waals surface area (Å²) in [7, 11) is 1.62. The van der Waals surface area contributed by atoms with Gasteiger partial charge in [-0.3, -0.25) is 9.59 Å². The molecule has 0 N–H and O–H groups in total. The fourth-order valence-corrected chi connectivity index (χ4v) is 4.46. The Hall–Kier alpha value is -3.16. The minimum Gasteiger partial charge on any atom is -0.497 e. The summed E-state index contributed by atoms with van der Waals surface area (Å²) in [4.78, 5) is 28.7. The molecule has 32 heavy (non-hydrogen) atoms. The molecule has 2 aromatic carbocycles. The number of rotatable bonds is 6. The molecular formula is C24H26F2N2O4. The van der Waals surface area contributed by atoms with E-state index in [1.165, 1.54) is 0 Å². The van der Waals surface area contributed by atoms with Gasteiger partial charge in [-0.15, -0.1) is 0 Å². The molecule has 8 heteroatoms. The molecule has 0 bridgehead atoms. The lowest BCUT2D eigenvalue weighted by atomic mass is 9.77. The lowest BCUT2D eigenvalue weighted by Gasteiger charge is -2.38. The Morgan fingerprint density at radius 2 is 1.81 bits per heavy atom. The minimum atomic E-state index is -0.710. The Morgan fingerprint density at radius 3 is 2.50 bits per heavy atom. The van der Waals surface area contributed by atoms with Gasteiger partial charge in [-0.2, -0.15) is 0 Å². The number of benzene rings is 2. The molecule has 0 aromatic heterocycles. The smallest absolute Gasteiger partial charge is 0.260 e. The van der Waals surface area contributed by atoms with Crippen molar-refractivity contribution in [3.05, 3.63) is 59.7 Å². The molecule has 0 unspecified atom stereocenters. The summed E-state index contributed by atoms with van der Waals surface area (Å²) in [5.41, 5.74) is 0.918. The van der Waals surface area contributed by atoms with E-state index in [9.17, 15) is 18.4 Å². The summed E-state index contributed by atoms with van der Waals surface area (Å²) in [6.07, 6.45) is 1.92. The molecule has 2 aromatic rings. The second kappa shape index (κ2) is 9.14. The largest absolute Gasteiger partial charge is 0.497 e. The molecule has 170 valence electrons. The number of hydrogen-bond donors (Lipinski definition) is 0. The fourth-order valence-electron chi connectivity index (χ4n) is 4.46. The van der Waals surface area contributed by atoms with Crippen LogP contribution in [-0.2, 0) is 16.1 Å². The monoisotopic (exact) mass is 444 g/mol. The SMILES string of the molecule is COc1ccc(CN2CC3(CCN(C(=O)COc4cc(F)ccc4F)CC3)CC2=O)cc1. The maximum absolute atomic E-state index is 13.7. The van der Waals surface area contributed by atoms with Crippen LogP contribution in [0.5, 0.6) is 11.5 Å². The Kier molecular flexibility index (Phi) is 6.30. The fraction of sp³-hybridized carbons (Fsp3) is 0.417. The standard InChI is InChI=1S/C24H26F2N2O4/c1-31-19-5-2-17(3-6-19)14-28-16-24(13-22(28)29)8-10-27(11-9-24)23(30)15-32-21-12-18(25)4-7-20(21)26/h2-7,12H,8-11,13-16H2,1H3. The third-order valence-electron chi connectivity index (χ3n) is 6.36. The van der Waals surface area contributed by atoms with Gasteiger partial charge in [0.1, 0.15) is 11.6 Å². The van der Waals surface area contributed by atoms with Crippen LogP contribution >= 0.6 is 0 Å². The van der Waals surface area contributed by atoms with Crippen LogP contribution in [0, 0.1) is 17.0 Å². The Bertz CT molecular complexity index is 988. The molecule has 6 nitrogen and oxygen atoms in total. The molecule has 2 fully saturated rings. The number of carbonyl (C=O) groups is 2. The first-order valence-corrected chi connectivity index (χ1v) is 10.6. The highest BCUT2D eigenvalue weighted by atomic mass is 19.1. The number of halogens is 2. The van der Waals surface area contributed by atoms with Gasteiger partial charge in [0, 0.05) is 44.1 Å². The number of carbonyl (C=O) groups excluding carboxylic acids is 2. The minimum absolute atomic E-state index is 0.129. The van der Waals surface area contributed by atoms with E-state index in [2.05, 4.69) is 0 Å². The third kappa shape index (κ3) is 4.84. The van der Waals surface area contributed by atoms with Gasteiger partial charge < -0.3 is 19.3 Å². The summed E-state index contributed by atoms with van der Waals surface area (Å²) in [5, 5.41) is 0. The van der Waals surface area contributed by atoms with Crippen molar-refractivity contribution in [1.29, 1.82) is 0 Å². The van der Waals surface area contributed by atoms with Crippen molar-refractivity contribution in [2.24, 2.45) is 5.41 Å². The average molecular weight is 444 g/mol. The van der Waals surface area contributed by atoms with E-state index in [4.69, 9.17) is 9.47 Å². The van der Waals surface area contributed by atoms with Gasteiger partial charge >= 0.3 is 0 Å². The van der Waals surface area contributed by atoms with Crippen LogP contribution in [0.2, 0.25) is 0 Å². The van der Waals surface area contributed by atoms with Crippen molar-refractivity contribution in [1.82, 2.24) is 9.80 Å². The van der Waals surface area contributed by atoms with Gasteiger partial charge in [0.25, 0.3) is 5.91 Å². The highest BCUT2D eigenvalue weighted by Crippen LogP contribution is 2.41. The van der Waals surface area contributed by atoms with Crippen LogP contribution in [0.4, 0.5) is 8.78 Å². The van der Waals surface area contributed by atoms with Crippen LogP contribution in [0.25, 0.3) is 0 Å². The zero-order valence-corrected chi connectivity index (χ0v) is 18.0. The van der Waals surface area contributed by atoms with Crippen LogP contribution in [0.1, 0.15) is 24.8 Å². The Balaban J connectivity index is 1.29. The summed E-state index contributed by atoms with van der Waals surface area (Å²) >= 11 is 0. The van der Waals surface area contributed by atoms with Gasteiger partial charge in [0.15, 0.2) is 18.2 Å². The van der Waals surface area contributed by atoms with E-state index in [0.717, 1.165) is 42.4 Å². The lowest BCUT2D eigenvalue weighted by molar-refractivity contribution is -0.135. The molecule has 0 aliphatic carbocycles. The number of nitrogens with zero attached hydrogens (tertiary/aromatic N) is 2. The van der Waals surface area contributed by atoms with E-state index in [1.807, 2.05) is 29.2 Å². The number of amides is 2. The number of likely N-dealkylation sites (tertiary alicyclic amines) is 2. The Labute approximate surface area is 185 Å². The van der Waals surface area contributed by atoms with Crippen LogP contribution in [0.3, 0.4) is 0 Å². The second-order valence-corrected chi connectivity index (χ2v) is 8.52. The van der Waals surface area contributed by atoms with E-state index in [0.29, 0.717) is 32.6 Å². The van der Waals surface area contributed by atoms with Gasteiger partial charge in [-0.1, -0.05) is 12.1 Å². The highest BCUT2D eigenvalue weighted by molar-refractivity contribution is 5.80. The van der Waals surface area contributed by atoms with E-state index < -0.39 is 11.6 Å². The van der Waals surface area contributed by atoms with E-state index in [-0.39, 0.29) is 29.6 Å². The maximum Gasteiger partial charge on any atom is 0.260 e. The van der Waals surface area contributed by atoms with Crippen LogP contribution in [-0.4, -0.2) is 55.0 Å². The second-order valence-electron chi connectivity index (χ2n) is 8.52. The zero-order valence-electron chi connectivity index (χ0n) is 18.0. The molecule has 2 aliphatic heterocycles. The summed E-state index contributed by atoms with van der Waals surface area (Å²) < 4.78 is 37.3. The Morgan fingerprint density at radius 1 is 1.09 bits per heavy atom. The molecule has 2 heterocycles. The predicted octanol–water partition coefficient (Wildman–Crippen LogP) is 3.39. The topological polar surface area (TPSA) is 59.1 Å². The van der Waals surface area contributed by atoms with Gasteiger partial charge in [0.05, 0.1) is 7.11 Å². The van der Waals surface area contributed by atoms with E-state index in [1.54, 1.807) is 12.0 Å². The van der Waals surface area contributed by atoms with Gasteiger partial charge in [0.2, 0.25) is 5.91 Å². The molecule has 2 saturated heterocycles. The molecular weight excluding hydrogens is 418 g/mol.